The number of imidazole rings is 1. The number of halogens is 4. The van der Waals surface area contributed by atoms with E-state index in [1.54, 1.807) is 0 Å². The third-order valence-electron chi connectivity index (χ3n) is 2.65. The molecule has 4 nitrogen and oxygen atoms in total. The molecule has 102 valence electrons. The quantitative estimate of drug-likeness (QED) is 0.644. The second-order valence-corrected chi connectivity index (χ2v) is 3.99. The van der Waals surface area contributed by atoms with Crippen molar-refractivity contribution in [3.8, 4) is 5.69 Å². The zero-order chi connectivity index (χ0) is 14.3. The van der Waals surface area contributed by atoms with Crippen LogP contribution in [0.4, 0.5) is 17.6 Å². The van der Waals surface area contributed by atoms with Crippen molar-refractivity contribution >= 4 is 11.2 Å². The Kier molecular flexibility index (Phi) is 2.66. The van der Waals surface area contributed by atoms with Gasteiger partial charge in [0.2, 0.25) is 5.82 Å². The summed E-state index contributed by atoms with van der Waals surface area (Å²) < 4.78 is 52.0. The number of hydrogen-bond donors (Lipinski definition) is 0. The highest BCUT2D eigenvalue weighted by Crippen LogP contribution is 2.27. The summed E-state index contributed by atoms with van der Waals surface area (Å²) in [6.45, 7) is 0. The highest BCUT2D eigenvalue weighted by Gasteiger charge is 2.35. The molecule has 0 aliphatic heterocycles. The van der Waals surface area contributed by atoms with Crippen LogP contribution in [0.1, 0.15) is 5.82 Å². The molecule has 0 unspecified atom stereocenters. The van der Waals surface area contributed by atoms with Gasteiger partial charge in [-0.1, -0.05) is 0 Å². The fourth-order valence-corrected chi connectivity index (χ4v) is 1.74. The molecule has 0 saturated carbocycles. The number of rotatable bonds is 1. The topological polar surface area (TPSA) is 43.6 Å². The number of aromatic nitrogens is 4. The molecule has 3 rings (SSSR count). The first-order chi connectivity index (χ1) is 9.45. The standard InChI is InChI=1S/C12H6F4N4/c13-7-1-3-8(4-2-7)20-6-18-9-5-17-11(12(14,15)16)19-10(9)20/h1-6H. The molecule has 0 radical (unpaired) electrons. The third-order valence-corrected chi connectivity index (χ3v) is 2.65. The molecule has 0 amide bonds. The molecular formula is C12H6F4N4. The molecule has 0 N–H and O–H groups in total. The largest absolute Gasteiger partial charge is 0.451 e. The van der Waals surface area contributed by atoms with Crippen LogP contribution < -0.4 is 0 Å². The van der Waals surface area contributed by atoms with Gasteiger partial charge in [0.25, 0.3) is 0 Å². The third kappa shape index (κ3) is 2.09. The van der Waals surface area contributed by atoms with Gasteiger partial charge in [-0.05, 0) is 24.3 Å². The van der Waals surface area contributed by atoms with Crippen molar-refractivity contribution in [1.29, 1.82) is 0 Å². The van der Waals surface area contributed by atoms with Crippen LogP contribution in [0.3, 0.4) is 0 Å². The number of nitrogens with zero attached hydrogens (tertiary/aromatic N) is 4. The fraction of sp³-hybridized carbons (Fsp3) is 0.0833. The number of fused-ring (bicyclic) bond motifs is 1. The van der Waals surface area contributed by atoms with E-state index in [9.17, 15) is 17.6 Å². The summed E-state index contributed by atoms with van der Waals surface area (Å²) in [4.78, 5) is 10.6. The summed E-state index contributed by atoms with van der Waals surface area (Å²) in [5.41, 5.74) is 0.696. The summed E-state index contributed by atoms with van der Waals surface area (Å²) in [6, 6.07) is 5.25. The van der Waals surface area contributed by atoms with Crippen molar-refractivity contribution in [3.05, 3.63) is 48.4 Å². The van der Waals surface area contributed by atoms with Gasteiger partial charge in [0.15, 0.2) is 5.65 Å². The van der Waals surface area contributed by atoms with E-state index in [0.29, 0.717) is 5.69 Å². The average Bonchev–Trinajstić information content (AvgIpc) is 2.81. The Bertz CT molecular complexity index is 761. The van der Waals surface area contributed by atoms with E-state index in [-0.39, 0.29) is 11.2 Å². The SMILES string of the molecule is Fc1ccc(-n2cnc3cnc(C(F)(F)F)nc32)cc1. The molecule has 0 aliphatic rings. The molecule has 0 aliphatic carbocycles. The summed E-state index contributed by atoms with van der Waals surface area (Å²) in [5, 5.41) is 0. The first-order valence-corrected chi connectivity index (χ1v) is 5.48. The maximum Gasteiger partial charge on any atom is 0.451 e. The van der Waals surface area contributed by atoms with Gasteiger partial charge in [0.05, 0.1) is 6.20 Å². The van der Waals surface area contributed by atoms with Crippen LogP contribution >= 0.6 is 0 Å². The van der Waals surface area contributed by atoms with E-state index in [2.05, 4.69) is 15.0 Å². The van der Waals surface area contributed by atoms with Crippen molar-refractivity contribution < 1.29 is 17.6 Å². The summed E-state index contributed by atoms with van der Waals surface area (Å²) in [5.74, 6) is -1.68. The molecule has 0 saturated heterocycles. The highest BCUT2D eigenvalue weighted by atomic mass is 19.4. The van der Waals surface area contributed by atoms with Gasteiger partial charge in [0.1, 0.15) is 17.7 Å². The molecule has 2 heterocycles. The minimum atomic E-state index is -4.63. The Morgan fingerprint density at radius 3 is 2.35 bits per heavy atom. The lowest BCUT2D eigenvalue weighted by Gasteiger charge is -2.06. The Morgan fingerprint density at radius 2 is 1.70 bits per heavy atom. The van der Waals surface area contributed by atoms with Gasteiger partial charge >= 0.3 is 6.18 Å². The number of benzene rings is 1. The first kappa shape index (κ1) is 12.5. The Labute approximate surface area is 109 Å². The molecule has 0 bridgehead atoms. The molecule has 1 aromatic carbocycles. The maximum absolute atomic E-state index is 12.9. The highest BCUT2D eigenvalue weighted by molar-refractivity contribution is 5.71. The first-order valence-electron chi connectivity index (χ1n) is 5.48. The zero-order valence-electron chi connectivity index (χ0n) is 9.76. The van der Waals surface area contributed by atoms with Crippen molar-refractivity contribution in [2.75, 3.05) is 0 Å². The minimum absolute atomic E-state index is 0.0129. The van der Waals surface area contributed by atoms with Gasteiger partial charge in [-0.25, -0.2) is 19.3 Å². The minimum Gasteiger partial charge on any atom is -0.283 e. The molecule has 20 heavy (non-hydrogen) atoms. The van der Waals surface area contributed by atoms with E-state index in [4.69, 9.17) is 0 Å². The molecule has 2 aromatic heterocycles. The lowest BCUT2D eigenvalue weighted by atomic mass is 10.3. The Morgan fingerprint density at radius 1 is 1.00 bits per heavy atom. The summed E-state index contributed by atoms with van der Waals surface area (Å²) in [6.07, 6.45) is -2.32. The zero-order valence-corrected chi connectivity index (χ0v) is 9.76. The lowest BCUT2D eigenvalue weighted by molar-refractivity contribution is -0.144. The molecule has 0 spiro atoms. The smallest absolute Gasteiger partial charge is 0.283 e. The maximum atomic E-state index is 12.9. The van der Waals surface area contributed by atoms with Crippen molar-refractivity contribution in [1.82, 2.24) is 19.5 Å². The van der Waals surface area contributed by atoms with Crippen molar-refractivity contribution in [2.24, 2.45) is 0 Å². The monoisotopic (exact) mass is 282 g/mol. The van der Waals surface area contributed by atoms with Gasteiger partial charge in [-0.15, -0.1) is 0 Å². The van der Waals surface area contributed by atoms with Crippen molar-refractivity contribution in [3.63, 3.8) is 0 Å². The normalized spacial score (nSPS) is 12.0. The second-order valence-electron chi connectivity index (χ2n) is 3.99. The predicted molar refractivity (Wildman–Crippen MR) is 61.6 cm³/mol. The predicted octanol–water partition coefficient (Wildman–Crippen LogP) is 2.97. The van der Waals surface area contributed by atoms with Gasteiger partial charge in [-0.3, -0.25) is 4.57 Å². The molecule has 0 fully saturated rings. The Hall–Kier alpha value is -2.51. The molecule has 3 aromatic rings. The van der Waals surface area contributed by atoms with Crippen LogP contribution in [0.25, 0.3) is 16.9 Å². The van der Waals surface area contributed by atoms with Crippen molar-refractivity contribution in [2.45, 2.75) is 6.18 Å². The Balaban J connectivity index is 2.19. The van der Waals surface area contributed by atoms with Crippen LogP contribution in [0.15, 0.2) is 36.8 Å². The van der Waals surface area contributed by atoms with Crippen LogP contribution in [0.5, 0.6) is 0 Å². The molecule has 8 heteroatoms. The lowest BCUT2D eigenvalue weighted by Crippen LogP contribution is -2.11. The van der Waals surface area contributed by atoms with E-state index in [1.807, 2.05) is 0 Å². The van der Waals surface area contributed by atoms with Gasteiger partial charge in [0, 0.05) is 5.69 Å². The van der Waals surface area contributed by atoms with Crippen LogP contribution in [-0.4, -0.2) is 19.5 Å². The van der Waals surface area contributed by atoms with E-state index in [0.717, 1.165) is 6.20 Å². The average molecular weight is 282 g/mol. The van der Waals surface area contributed by atoms with Gasteiger partial charge < -0.3 is 0 Å². The van der Waals surface area contributed by atoms with Gasteiger partial charge in [-0.2, -0.15) is 13.2 Å². The molecular weight excluding hydrogens is 276 g/mol. The van der Waals surface area contributed by atoms with Crippen LogP contribution in [0, 0.1) is 5.82 Å². The van der Waals surface area contributed by atoms with E-state index >= 15 is 0 Å². The van der Waals surface area contributed by atoms with Crippen LogP contribution in [-0.2, 0) is 6.18 Å². The second kappa shape index (κ2) is 4.26. The van der Waals surface area contributed by atoms with E-state index in [1.165, 1.54) is 35.2 Å². The summed E-state index contributed by atoms with van der Waals surface area (Å²) >= 11 is 0. The summed E-state index contributed by atoms with van der Waals surface area (Å²) in [7, 11) is 0. The number of alkyl halides is 3. The molecule has 0 atom stereocenters. The fourth-order valence-electron chi connectivity index (χ4n) is 1.74. The van der Waals surface area contributed by atoms with Crippen LogP contribution in [0.2, 0.25) is 0 Å². The number of hydrogen-bond acceptors (Lipinski definition) is 3. The van der Waals surface area contributed by atoms with E-state index < -0.39 is 17.8 Å².